The molecule has 0 bridgehead atoms. The number of hydrogen-bond donors (Lipinski definition) is 0. The summed E-state index contributed by atoms with van der Waals surface area (Å²) in [6.45, 7) is 6.21. The van der Waals surface area contributed by atoms with Crippen LogP contribution < -0.4 is 0 Å². The Hall–Kier alpha value is -2.42. The van der Waals surface area contributed by atoms with Gasteiger partial charge < -0.3 is 4.74 Å². The van der Waals surface area contributed by atoms with Crippen LogP contribution in [0.15, 0.2) is 42.5 Å². The summed E-state index contributed by atoms with van der Waals surface area (Å²) in [6.07, 6.45) is 1.13. The zero-order valence-electron chi connectivity index (χ0n) is 13.9. The molecule has 0 unspecified atom stereocenters. The highest BCUT2D eigenvalue weighted by Gasteiger charge is 2.12. The van der Waals surface area contributed by atoms with Gasteiger partial charge >= 0.3 is 5.97 Å². The highest BCUT2D eigenvalue weighted by Crippen LogP contribution is 2.15. The first-order valence-corrected chi connectivity index (χ1v) is 7.87. The lowest BCUT2D eigenvalue weighted by atomic mass is 9.98. The summed E-state index contributed by atoms with van der Waals surface area (Å²) in [5.74, 6) is -0.354. The van der Waals surface area contributed by atoms with Gasteiger partial charge in [-0.1, -0.05) is 35.9 Å². The second-order valence-corrected chi connectivity index (χ2v) is 5.65. The van der Waals surface area contributed by atoms with Gasteiger partial charge in [-0.05, 0) is 50.5 Å². The first-order valence-electron chi connectivity index (χ1n) is 7.87. The van der Waals surface area contributed by atoms with E-state index in [1.165, 1.54) is 16.7 Å². The quantitative estimate of drug-likeness (QED) is 0.590. The van der Waals surface area contributed by atoms with E-state index in [9.17, 15) is 9.59 Å². The lowest BCUT2D eigenvalue weighted by molar-refractivity contribution is 0.0526. The fourth-order valence-corrected chi connectivity index (χ4v) is 2.55. The van der Waals surface area contributed by atoms with Crippen molar-refractivity contribution in [2.45, 2.75) is 33.6 Å². The summed E-state index contributed by atoms with van der Waals surface area (Å²) >= 11 is 0. The fourth-order valence-electron chi connectivity index (χ4n) is 2.55. The van der Waals surface area contributed by atoms with E-state index < -0.39 is 5.97 Å². The van der Waals surface area contributed by atoms with Gasteiger partial charge in [0.1, 0.15) is 0 Å². The molecule has 0 heterocycles. The molecule has 23 heavy (non-hydrogen) atoms. The molecular weight excluding hydrogens is 288 g/mol. The monoisotopic (exact) mass is 310 g/mol. The van der Waals surface area contributed by atoms with E-state index in [1.807, 2.05) is 0 Å². The second kappa shape index (κ2) is 7.73. The Morgan fingerprint density at radius 3 is 2.43 bits per heavy atom. The van der Waals surface area contributed by atoms with Crippen LogP contribution in [0.2, 0.25) is 0 Å². The molecule has 0 aliphatic carbocycles. The Balaban J connectivity index is 2.06. The Morgan fingerprint density at radius 1 is 1.00 bits per heavy atom. The number of esters is 1. The minimum atomic E-state index is -0.392. The summed E-state index contributed by atoms with van der Waals surface area (Å²) in [4.78, 5) is 24.1. The average Bonchev–Trinajstić information content (AvgIpc) is 2.54. The van der Waals surface area contributed by atoms with Crippen molar-refractivity contribution in [1.82, 2.24) is 0 Å². The molecule has 0 aliphatic rings. The van der Waals surface area contributed by atoms with Crippen LogP contribution >= 0.6 is 0 Å². The first kappa shape index (κ1) is 16.9. The highest BCUT2D eigenvalue weighted by molar-refractivity contribution is 5.99. The van der Waals surface area contributed by atoms with Gasteiger partial charge in [0.2, 0.25) is 0 Å². The predicted molar refractivity (Wildman–Crippen MR) is 91.0 cm³/mol. The van der Waals surface area contributed by atoms with Crippen molar-refractivity contribution in [2.24, 2.45) is 0 Å². The van der Waals surface area contributed by atoms with Crippen LogP contribution in [-0.2, 0) is 11.2 Å². The molecule has 0 radical (unpaired) electrons. The molecule has 120 valence electrons. The van der Waals surface area contributed by atoms with Crippen molar-refractivity contribution in [2.75, 3.05) is 6.61 Å². The van der Waals surface area contributed by atoms with Gasteiger partial charge in [0.05, 0.1) is 12.2 Å². The predicted octanol–water partition coefficient (Wildman–Crippen LogP) is 4.30. The minimum Gasteiger partial charge on any atom is -0.462 e. The van der Waals surface area contributed by atoms with Gasteiger partial charge in [-0.2, -0.15) is 0 Å². The van der Waals surface area contributed by atoms with E-state index in [1.54, 1.807) is 31.2 Å². The molecule has 2 aromatic carbocycles. The Bertz CT molecular complexity index is 717. The van der Waals surface area contributed by atoms with Crippen LogP contribution in [0.1, 0.15) is 50.8 Å². The molecule has 0 aliphatic heterocycles. The molecule has 0 saturated heterocycles. The van der Waals surface area contributed by atoms with Gasteiger partial charge in [-0.15, -0.1) is 0 Å². The molecule has 0 fully saturated rings. The Morgan fingerprint density at radius 2 is 1.74 bits per heavy atom. The Labute approximate surface area is 137 Å². The van der Waals surface area contributed by atoms with Crippen molar-refractivity contribution < 1.29 is 14.3 Å². The topological polar surface area (TPSA) is 43.4 Å². The van der Waals surface area contributed by atoms with Crippen LogP contribution in [0.4, 0.5) is 0 Å². The smallest absolute Gasteiger partial charge is 0.338 e. The molecule has 0 saturated carbocycles. The van der Waals surface area contributed by atoms with Gasteiger partial charge in [-0.25, -0.2) is 4.79 Å². The van der Waals surface area contributed by atoms with Crippen molar-refractivity contribution in [1.29, 1.82) is 0 Å². The van der Waals surface area contributed by atoms with Gasteiger partial charge in [0.25, 0.3) is 0 Å². The zero-order chi connectivity index (χ0) is 16.8. The van der Waals surface area contributed by atoms with Crippen LogP contribution in [0, 0.1) is 13.8 Å². The van der Waals surface area contributed by atoms with E-state index in [-0.39, 0.29) is 5.78 Å². The average molecular weight is 310 g/mol. The van der Waals surface area contributed by atoms with E-state index in [0.29, 0.717) is 30.6 Å². The summed E-state index contributed by atoms with van der Waals surface area (Å²) in [5, 5.41) is 0. The summed E-state index contributed by atoms with van der Waals surface area (Å²) < 4.78 is 4.97. The van der Waals surface area contributed by atoms with Crippen LogP contribution in [0.25, 0.3) is 0 Å². The molecule has 2 rings (SSSR count). The highest BCUT2D eigenvalue weighted by atomic mass is 16.5. The molecule has 0 aromatic heterocycles. The van der Waals surface area contributed by atoms with Crippen molar-refractivity contribution in [3.8, 4) is 0 Å². The van der Waals surface area contributed by atoms with Gasteiger partial charge in [0.15, 0.2) is 5.78 Å². The number of benzene rings is 2. The minimum absolute atomic E-state index is 0.0381. The maximum Gasteiger partial charge on any atom is 0.338 e. The number of hydrogen-bond acceptors (Lipinski definition) is 3. The largest absolute Gasteiger partial charge is 0.462 e. The van der Waals surface area contributed by atoms with Crippen LogP contribution in [0.3, 0.4) is 0 Å². The second-order valence-electron chi connectivity index (χ2n) is 5.65. The van der Waals surface area contributed by atoms with Gasteiger partial charge in [-0.3, -0.25) is 4.79 Å². The molecule has 0 spiro atoms. The summed E-state index contributed by atoms with van der Waals surface area (Å²) in [7, 11) is 0. The number of Topliss-reactive ketones (excluding diaryl/α,β-unsaturated/α-hetero) is 1. The van der Waals surface area contributed by atoms with E-state index >= 15 is 0 Å². The lowest BCUT2D eigenvalue weighted by Gasteiger charge is -2.07. The standard InChI is InChI=1S/C20H22O3/c1-4-23-20(22)18-7-5-6-17(13-18)19(21)11-10-16-9-8-14(2)12-15(16)3/h5-9,12-13H,4,10-11H2,1-3H3. The summed E-state index contributed by atoms with van der Waals surface area (Å²) in [5.41, 5.74) is 4.59. The third-order valence-corrected chi connectivity index (χ3v) is 3.82. The maximum atomic E-state index is 12.4. The normalized spacial score (nSPS) is 10.4. The first-order chi connectivity index (χ1) is 11.0. The number of carbonyl (C=O) groups is 2. The number of carbonyl (C=O) groups excluding carboxylic acids is 2. The van der Waals surface area contributed by atoms with Gasteiger partial charge in [0, 0.05) is 12.0 Å². The molecule has 2 aromatic rings. The number of aryl methyl sites for hydroxylation is 3. The van der Waals surface area contributed by atoms with E-state index in [2.05, 4.69) is 32.0 Å². The molecule has 3 heteroatoms. The lowest BCUT2D eigenvalue weighted by Crippen LogP contribution is -2.07. The molecule has 0 N–H and O–H groups in total. The van der Waals surface area contributed by atoms with Crippen LogP contribution in [-0.4, -0.2) is 18.4 Å². The maximum absolute atomic E-state index is 12.4. The number of rotatable bonds is 6. The number of ketones is 1. The molecule has 0 amide bonds. The number of ether oxygens (including phenoxy) is 1. The SMILES string of the molecule is CCOC(=O)c1cccc(C(=O)CCc2ccc(C)cc2C)c1. The fraction of sp³-hybridized carbons (Fsp3) is 0.300. The Kier molecular flexibility index (Phi) is 5.69. The van der Waals surface area contributed by atoms with E-state index in [0.717, 1.165) is 0 Å². The van der Waals surface area contributed by atoms with Crippen molar-refractivity contribution >= 4 is 11.8 Å². The van der Waals surface area contributed by atoms with Crippen molar-refractivity contribution in [3.05, 3.63) is 70.3 Å². The van der Waals surface area contributed by atoms with Crippen LogP contribution in [0.5, 0.6) is 0 Å². The third-order valence-electron chi connectivity index (χ3n) is 3.82. The molecule has 0 atom stereocenters. The van der Waals surface area contributed by atoms with Crippen molar-refractivity contribution in [3.63, 3.8) is 0 Å². The summed E-state index contributed by atoms with van der Waals surface area (Å²) in [6, 6.07) is 13.0. The third kappa shape index (κ3) is 4.52. The molecular formula is C20H22O3. The molecule has 3 nitrogen and oxygen atoms in total. The van der Waals surface area contributed by atoms with E-state index in [4.69, 9.17) is 4.74 Å². The zero-order valence-corrected chi connectivity index (χ0v) is 13.9.